The molecule has 0 spiro atoms. The van der Waals surface area contributed by atoms with Crippen molar-refractivity contribution in [1.82, 2.24) is 4.57 Å². The average molecular weight is 442 g/mol. The summed E-state index contributed by atoms with van der Waals surface area (Å²) in [6.45, 7) is 1.89. The summed E-state index contributed by atoms with van der Waals surface area (Å²) in [6, 6.07) is 5.22. The van der Waals surface area contributed by atoms with E-state index in [1.54, 1.807) is 6.07 Å². The van der Waals surface area contributed by atoms with Crippen LogP contribution in [-0.2, 0) is 16.6 Å². The molecule has 0 saturated carbocycles. The zero-order valence-electron chi connectivity index (χ0n) is 16.7. The van der Waals surface area contributed by atoms with E-state index < -0.39 is 28.7 Å². The number of aromatic nitrogens is 1. The van der Waals surface area contributed by atoms with Crippen molar-refractivity contribution < 1.29 is 23.5 Å². The molecule has 31 heavy (non-hydrogen) atoms. The van der Waals surface area contributed by atoms with Gasteiger partial charge in [-0.1, -0.05) is 17.5 Å². The van der Waals surface area contributed by atoms with Crippen molar-refractivity contribution in [2.75, 3.05) is 18.5 Å². The minimum absolute atomic E-state index is 0.0441. The highest BCUT2D eigenvalue weighted by Gasteiger charge is 2.41. The summed E-state index contributed by atoms with van der Waals surface area (Å²) in [7, 11) is 1.47. The first kappa shape index (κ1) is 22.2. The summed E-state index contributed by atoms with van der Waals surface area (Å²) in [4.78, 5) is 38.2. The normalized spacial score (nSPS) is 14.1. The maximum absolute atomic E-state index is 13.5. The molecule has 3 rings (SSSR count). The number of hydrogen-bond acceptors (Lipinski definition) is 5. The number of nitrogens with zero attached hydrogens (tertiary/aromatic N) is 2. The van der Waals surface area contributed by atoms with Gasteiger partial charge in [0.05, 0.1) is 29.8 Å². The second-order valence-electron chi connectivity index (χ2n) is 7.31. The van der Waals surface area contributed by atoms with Crippen LogP contribution < -0.4 is 5.32 Å². The van der Waals surface area contributed by atoms with Crippen molar-refractivity contribution in [3.05, 3.63) is 51.6 Å². The molecule has 1 N–H and O–H groups in total. The molecule has 2 aromatic rings. The third-order valence-corrected chi connectivity index (χ3v) is 5.61. The van der Waals surface area contributed by atoms with Crippen molar-refractivity contribution in [3.8, 4) is 18.4 Å². The Hall–Kier alpha value is -3.46. The third kappa shape index (κ3) is 3.96. The lowest BCUT2D eigenvalue weighted by Crippen LogP contribution is -2.44. The zero-order valence-corrected chi connectivity index (χ0v) is 17.5. The average Bonchev–Trinajstić information content (AvgIpc) is 2.93. The van der Waals surface area contributed by atoms with E-state index in [9.17, 15) is 18.8 Å². The van der Waals surface area contributed by atoms with E-state index >= 15 is 0 Å². The number of benzene rings is 1. The lowest BCUT2D eigenvalue weighted by molar-refractivity contribution is -0.126. The molecule has 1 amide bonds. The number of rotatable bonds is 6. The van der Waals surface area contributed by atoms with Gasteiger partial charge in [0.15, 0.2) is 0 Å². The topological polar surface area (TPSA) is 101 Å². The minimum atomic E-state index is -0.841. The first-order chi connectivity index (χ1) is 14.6. The molecule has 1 aromatic heterocycles. The fraction of sp³-hybridized carbons (Fsp3) is 0.273. The van der Waals surface area contributed by atoms with Crippen molar-refractivity contribution in [3.63, 3.8) is 0 Å². The van der Waals surface area contributed by atoms with Crippen LogP contribution in [0.4, 0.5) is 10.1 Å². The van der Waals surface area contributed by atoms with Gasteiger partial charge in [-0.25, -0.2) is 4.39 Å². The first-order valence-corrected chi connectivity index (χ1v) is 9.50. The van der Waals surface area contributed by atoms with Crippen molar-refractivity contribution in [2.45, 2.75) is 13.3 Å². The summed E-state index contributed by atoms with van der Waals surface area (Å²) in [6.07, 6.45) is 5.29. The van der Waals surface area contributed by atoms with Gasteiger partial charge >= 0.3 is 0 Å². The number of Topliss-reactive ketones (excluding diaryl/α,β-unsaturated/α-hetero) is 2. The Labute approximate surface area is 182 Å². The number of terminal acetylenes is 1. The summed E-state index contributed by atoms with van der Waals surface area (Å²) in [5.74, 6) is -0.413. The van der Waals surface area contributed by atoms with Crippen LogP contribution in [0.15, 0.2) is 18.2 Å². The zero-order chi connectivity index (χ0) is 22.9. The number of carbonyl (C=O) groups excluding carboxylic acids is 3. The fourth-order valence-electron chi connectivity index (χ4n) is 3.37. The molecule has 1 aromatic carbocycles. The van der Waals surface area contributed by atoms with Crippen LogP contribution in [0.1, 0.15) is 38.4 Å². The molecule has 0 unspecified atom stereocenters. The number of anilines is 1. The van der Waals surface area contributed by atoms with E-state index in [0.29, 0.717) is 0 Å². The molecule has 1 aliphatic heterocycles. The molecule has 1 saturated heterocycles. The van der Waals surface area contributed by atoms with Crippen molar-refractivity contribution >= 4 is 34.8 Å². The Bertz CT molecular complexity index is 1200. The number of halogens is 2. The van der Waals surface area contributed by atoms with Gasteiger partial charge in [-0.15, -0.1) is 6.42 Å². The molecular formula is C22H17ClFN3O4. The molecule has 7 nitrogen and oxygen atoms in total. The standard InChI is InChI=1S/C22H17ClFN3O4/c1-4-22(10-31-11-22)8-16(28)19(29)17-12(2)18(27(3)20(17)23)21(30)26-14-5-6-15(24)13(7-14)9-25/h1,5-7H,8,10-11H2,2-3H3,(H,26,30). The number of nitriles is 1. The lowest BCUT2D eigenvalue weighted by Gasteiger charge is -2.35. The van der Waals surface area contributed by atoms with Crippen LogP contribution in [0.25, 0.3) is 0 Å². The SMILES string of the molecule is C#CC1(CC(=O)C(=O)c2c(C)c(C(=O)Nc3ccc(F)c(C#N)c3)n(C)c2Cl)COC1. The number of nitrogens with one attached hydrogen (secondary N) is 1. The maximum Gasteiger partial charge on any atom is 0.272 e. The molecular weight excluding hydrogens is 425 g/mol. The van der Waals surface area contributed by atoms with Crippen LogP contribution in [0.5, 0.6) is 0 Å². The fourth-order valence-corrected chi connectivity index (χ4v) is 3.68. The highest BCUT2D eigenvalue weighted by Crippen LogP contribution is 2.33. The van der Waals surface area contributed by atoms with Gasteiger partial charge in [0.1, 0.15) is 22.7 Å². The van der Waals surface area contributed by atoms with Crippen LogP contribution in [0.3, 0.4) is 0 Å². The summed E-state index contributed by atoms with van der Waals surface area (Å²) >= 11 is 6.28. The smallest absolute Gasteiger partial charge is 0.272 e. The molecule has 1 aliphatic rings. The first-order valence-electron chi connectivity index (χ1n) is 9.13. The Kier molecular flexibility index (Phi) is 5.99. The second-order valence-corrected chi connectivity index (χ2v) is 7.66. The van der Waals surface area contributed by atoms with E-state index in [1.165, 1.54) is 30.7 Å². The van der Waals surface area contributed by atoms with Gasteiger partial charge in [0.2, 0.25) is 11.6 Å². The van der Waals surface area contributed by atoms with Gasteiger partial charge in [-0.3, -0.25) is 14.4 Å². The van der Waals surface area contributed by atoms with Crippen molar-refractivity contribution in [2.24, 2.45) is 12.5 Å². The third-order valence-electron chi connectivity index (χ3n) is 5.17. The molecule has 9 heteroatoms. The molecule has 0 radical (unpaired) electrons. The minimum Gasteiger partial charge on any atom is -0.378 e. The molecule has 0 aliphatic carbocycles. The number of ether oxygens (including phenoxy) is 1. The van der Waals surface area contributed by atoms with Crippen LogP contribution in [0, 0.1) is 41.8 Å². The number of ketones is 2. The molecule has 158 valence electrons. The van der Waals surface area contributed by atoms with Crippen molar-refractivity contribution in [1.29, 1.82) is 5.26 Å². The number of hydrogen-bond donors (Lipinski definition) is 1. The highest BCUT2D eigenvalue weighted by atomic mass is 35.5. The summed E-state index contributed by atoms with van der Waals surface area (Å²) in [5.41, 5.74) is -0.673. The second kappa shape index (κ2) is 8.35. The highest BCUT2D eigenvalue weighted by molar-refractivity contribution is 6.48. The van der Waals surface area contributed by atoms with Crippen LogP contribution in [-0.4, -0.2) is 35.3 Å². The van der Waals surface area contributed by atoms with E-state index in [-0.39, 0.29) is 52.9 Å². The van der Waals surface area contributed by atoms with E-state index in [1.807, 2.05) is 0 Å². The van der Waals surface area contributed by atoms with Gasteiger partial charge in [0, 0.05) is 19.2 Å². The Morgan fingerprint density at radius 2 is 2.06 bits per heavy atom. The van der Waals surface area contributed by atoms with Gasteiger partial charge in [-0.2, -0.15) is 5.26 Å². The van der Waals surface area contributed by atoms with Gasteiger partial charge in [0.25, 0.3) is 5.91 Å². The van der Waals surface area contributed by atoms with E-state index in [4.69, 9.17) is 28.0 Å². The Morgan fingerprint density at radius 3 is 2.61 bits per heavy atom. The predicted molar refractivity (Wildman–Crippen MR) is 110 cm³/mol. The van der Waals surface area contributed by atoms with Crippen LogP contribution in [0.2, 0.25) is 5.15 Å². The molecule has 0 bridgehead atoms. The summed E-state index contributed by atoms with van der Waals surface area (Å²) in [5, 5.41) is 11.4. The largest absolute Gasteiger partial charge is 0.378 e. The number of carbonyl (C=O) groups is 3. The quantitative estimate of drug-likeness (QED) is 0.422. The Morgan fingerprint density at radius 1 is 1.39 bits per heavy atom. The predicted octanol–water partition coefficient (Wildman–Crippen LogP) is 3.04. The van der Waals surface area contributed by atoms with Gasteiger partial charge in [-0.05, 0) is 30.7 Å². The van der Waals surface area contributed by atoms with E-state index in [2.05, 4.69) is 11.2 Å². The van der Waals surface area contributed by atoms with Gasteiger partial charge < -0.3 is 14.6 Å². The number of amides is 1. The molecule has 0 atom stereocenters. The molecule has 1 fully saturated rings. The van der Waals surface area contributed by atoms with Crippen LogP contribution >= 0.6 is 11.6 Å². The summed E-state index contributed by atoms with van der Waals surface area (Å²) < 4.78 is 19.9. The monoisotopic (exact) mass is 441 g/mol. The Balaban J connectivity index is 1.89. The van der Waals surface area contributed by atoms with E-state index in [0.717, 1.165) is 6.07 Å². The maximum atomic E-state index is 13.5. The lowest BCUT2D eigenvalue weighted by atomic mass is 9.80. The molecule has 2 heterocycles.